The molecule has 2 heterocycles. The van der Waals surface area contributed by atoms with Crippen LogP contribution < -0.4 is 10.1 Å². The van der Waals surface area contributed by atoms with E-state index in [1.54, 1.807) is 30.4 Å². The maximum absolute atomic E-state index is 12.4. The van der Waals surface area contributed by atoms with Crippen LogP contribution in [0.2, 0.25) is 0 Å². The number of anilines is 1. The van der Waals surface area contributed by atoms with Crippen LogP contribution in [0.1, 0.15) is 11.1 Å². The molecule has 8 heteroatoms. The summed E-state index contributed by atoms with van der Waals surface area (Å²) in [5.74, 6) is 0.770. The van der Waals surface area contributed by atoms with E-state index in [2.05, 4.69) is 31.3 Å². The molecule has 4 aromatic rings. The topological polar surface area (TPSA) is 82.2 Å². The zero-order valence-corrected chi connectivity index (χ0v) is 16.6. The Labute approximate surface area is 169 Å². The quantitative estimate of drug-likeness (QED) is 0.489. The van der Waals surface area contributed by atoms with Crippen LogP contribution in [0.25, 0.3) is 11.0 Å². The Morgan fingerprint density at radius 2 is 2.18 bits per heavy atom. The summed E-state index contributed by atoms with van der Waals surface area (Å²) in [6.07, 6.45) is 3.35. The van der Waals surface area contributed by atoms with Gasteiger partial charge in [-0.3, -0.25) is 10.1 Å². The van der Waals surface area contributed by atoms with Crippen molar-refractivity contribution in [3.8, 4) is 5.75 Å². The number of amides is 1. The molecule has 28 heavy (non-hydrogen) atoms. The molecular formula is C20H17BrN4O3. The second kappa shape index (κ2) is 7.85. The summed E-state index contributed by atoms with van der Waals surface area (Å²) in [5, 5.41) is 7.91. The lowest BCUT2D eigenvalue weighted by Crippen LogP contribution is -2.15. The van der Waals surface area contributed by atoms with Crippen LogP contribution in [0.15, 0.2) is 63.9 Å². The number of hydrogen-bond donors (Lipinski definition) is 1. The fourth-order valence-corrected chi connectivity index (χ4v) is 3.37. The van der Waals surface area contributed by atoms with Crippen LogP contribution in [0.3, 0.4) is 0 Å². The number of aromatic nitrogens is 3. The highest BCUT2D eigenvalue weighted by molar-refractivity contribution is 9.10. The molecular weight excluding hydrogens is 424 g/mol. The number of halogens is 1. The molecule has 1 N–H and O–H groups in total. The number of carbonyl (C=O) groups is 1. The Bertz CT molecular complexity index is 1140. The third-order valence-electron chi connectivity index (χ3n) is 4.24. The third-order valence-corrected chi connectivity index (χ3v) is 4.73. The summed E-state index contributed by atoms with van der Waals surface area (Å²) in [6, 6.07) is 13.5. The van der Waals surface area contributed by atoms with Gasteiger partial charge in [0.1, 0.15) is 17.7 Å². The van der Waals surface area contributed by atoms with Gasteiger partial charge in [-0.1, -0.05) is 28.1 Å². The normalized spacial score (nSPS) is 10.9. The van der Waals surface area contributed by atoms with Gasteiger partial charge in [0.15, 0.2) is 0 Å². The molecule has 0 saturated heterocycles. The fourth-order valence-electron chi connectivity index (χ4n) is 2.92. The Morgan fingerprint density at radius 3 is 3.00 bits per heavy atom. The van der Waals surface area contributed by atoms with Gasteiger partial charge >= 0.3 is 0 Å². The molecule has 142 valence electrons. The average molecular weight is 441 g/mol. The first-order valence-corrected chi connectivity index (χ1v) is 9.38. The number of hydrogen-bond acceptors (Lipinski definition) is 5. The first-order chi connectivity index (χ1) is 13.6. The van der Waals surface area contributed by atoms with Gasteiger partial charge in [-0.2, -0.15) is 0 Å². The largest absolute Gasteiger partial charge is 0.497 e. The SMILES string of the molecule is COc1ccc2c(CC(=O)Nc3ncn(Cc4cccc(Br)c4)n3)coc2c1. The molecule has 0 atom stereocenters. The molecule has 1 amide bonds. The first kappa shape index (κ1) is 18.2. The van der Waals surface area contributed by atoms with Gasteiger partial charge in [0.25, 0.3) is 0 Å². The van der Waals surface area contributed by atoms with Gasteiger partial charge < -0.3 is 9.15 Å². The molecule has 0 aliphatic heterocycles. The van der Waals surface area contributed by atoms with E-state index in [1.807, 2.05) is 36.4 Å². The number of methoxy groups -OCH3 is 1. The Hall–Kier alpha value is -3.13. The summed E-state index contributed by atoms with van der Waals surface area (Å²) >= 11 is 3.45. The van der Waals surface area contributed by atoms with Crippen molar-refractivity contribution in [2.24, 2.45) is 0 Å². The summed E-state index contributed by atoms with van der Waals surface area (Å²) in [7, 11) is 1.60. The lowest BCUT2D eigenvalue weighted by Gasteiger charge is -2.02. The second-order valence-electron chi connectivity index (χ2n) is 6.24. The number of rotatable bonds is 6. The van der Waals surface area contributed by atoms with Crippen LogP contribution in [0.4, 0.5) is 5.95 Å². The van der Waals surface area contributed by atoms with Crippen molar-refractivity contribution in [3.05, 3.63) is 70.7 Å². The molecule has 2 aromatic carbocycles. The molecule has 0 spiro atoms. The number of nitrogens with one attached hydrogen (secondary N) is 1. The predicted octanol–water partition coefficient (Wildman–Crippen LogP) is 4.02. The van der Waals surface area contributed by atoms with Crippen LogP contribution in [-0.2, 0) is 17.8 Å². The molecule has 0 aliphatic rings. The zero-order chi connectivity index (χ0) is 19.5. The van der Waals surface area contributed by atoms with Crippen LogP contribution in [0, 0.1) is 0 Å². The number of nitrogens with zero attached hydrogens (tertiary/aromatic N) is 3. The standard InChI is InChI=1S/C20H17BrN4O3/c1-27-16-5-6-17-14(11-28-18(17)9-16)8-19(26)23-20-22-12-25(24-20)10-13-3-2-4-15(21)7-13/h2-7,9,11-12H,8,10H2,1H3,(H,23,24,26). The van der Waals surface area contributed by atoms with Crippen molar-refractivity contribution < 1.29 is 13.9 Å². The summed E-state index contributed by atoms with van der Waals surface area (Å²) in [4.78, 5) is 16.5. The average Bonchev–Trinajstić information content (AvgIpc) is 3.28. The zero-order valence-electron chi connectivity index (χ0n) is 15.1. The summed E-state index contributed by atoms with van der Waals surface area (Å²) in [5.41, 5.74) is 2.56. The lowest BCUT2D eigenvalue weighted by molar-refractivity contribution is -0.115. The van der Waals surface area contributed by atoms with E-state index in [1.165, 1.54) is 0 Å². The molecule has 4 rings (SSSR count). The second-order valence-corrected chi connectivity index (χ2v) is 7.16. The monoisotopic (exact) mass is 440 g/mol. The van der Waals surface area contributed by atoms with Crippen molar-refractivity contribution in [3.63, 3.8) is 0 Å². The highest BCUT2D eigenvalue weighted by Gasteiger charge is 2.13. The number of benzene rings is 2. The lowest BCUT2D eigenvalue weighted by atomic mass is 10.1. The van der Waals surface area contributed by atoms with E-state index in [0.717, 1.165) is 21.0 Å². The van der Waals surface area contributed by atoms with E-state index < -0.39 is 0 Å². The van der Waals surface area contributed by atoms with Gasteiger partial charge in [0, 0.05) is 21.5 Å². The van der Waals surface area contributed by atoms with Gasteiger partial charge in [0.05, 0.1) is 26.3 Å². The maximum atomic E-state index is 12.4. The van der Waals surface area contributed by atoms with Crippen molar-refractivity contribution in [2.75, 3.05) is 12.4 Å². The molecule has 0 saturated carbocycles. The van der Waals surface area contributed by atoms with Crippen LogP contribution in [-0.4, -0.2) is 27.8 Å². The van der Waals surface area contributed by atoms with Gasteiger partial charge in [-0.05, 0) is 29.8 Å². The Balaban J connectivity index is 1.41. The smallest absolute Gasteiger partial charge is 0.248 e. The van der Waals surface area contributed by atoms with E-state index in [4.69, 9.17) is 9.15 Å². The minimum atomic E-state index is -0.210. The summed E-state index contributed by atoms with van der Waals surface area (Å²) < 4.78 is 13.4. The van der Waals surface area contributed by atoms with E-state index in [0.29, 0.717) is 17.9 Å². The molecule has 2 aromatic heterocycles. The molecule has 0 aliphatic carbocycles. The van der Waals surface area contributed by atoms with Crippen molar-refractivity contribution in [1.29, 1.82) is 0 Å². The third kappa shape index (κ3) is 4.07. The van der Waals surface area contributed by atoms with Crippen molar-refractivity contribution in [1.82, 2.24) is 14.8 Å². The minimum absolute atomic E-state index is 0.166. The molecule has 0 unspecified atom stereocenters. The van der Waals surface area contributed by atoms with E-state index in [-0.39, 0.29) is 18.3 Å². The first-order valence-electron chi connectivity index (χ1n) is 8.58. The Morgan fingerprint density at radius 1 is 1.29 bits per heavy atom. The van der Waals surface area contributed by atoms with Gasteiger partial charge in [0.2, 0.25) is 11.9 Å². The van der Waals surface area contributed by atoms with Crippen molar-refractivity contribution >= 4 is 38.8 Å². The van der Waals surface area contributed by atoms with Crippen molar-refractivity contribution in [2.45, 2.75) is 13.0 Å². The van der Waals surface area contributed by atoms with Gasteiger partial charge in [-0.15, -0.1) is 5.10 Å². The predicted molar refractivity (Wildman–Crippen MR) is 108 cm³/mol. The molecule has 7 nitrogen and oxygen atoms in total. The number of fused-ring (bicyclic) bond motifs is 1. The summed E-state index contributed by atoms with van der Waals surface area (Å²) in [6.45, 7) is 0.566. The molecule has 0 radical (unpaired) electrons. The number of carbonyl (C=O) groups excluding carboxylic acids is 1. The molecule has 0 fully saturated rings. The van der Waals surface area contributed by atoms with Gasteiger partial charge in [-0.25, -0.2) is 9.67 Å². The van der Waals surface area contributed by atoms with E-state index in [9.17, 15) is 4.79 Å². The highest BCUT2D eigenvalue weighted by atomic mass is 79.9. The maximum Gasteiger partial charge on any atom is 0.248 e. The minimum Gasteiger partial charge on any atom is -0.497 e. The Kier molecular flexibility index (Phi) is 5.12. The van der Waals surface area contributed by atoms with Crippen LogP contribution >= 0.6 is 15.9 Å². The highest BCUT2D eigenvalue weighted by Crippen LogP contribution is 2.26. The van der Waals surface area contributed by atoms with Crippen LogP contribution in [0.5, 0.6) is 5.75 Å². The molecule has 0 bridgehead atoms. The van der Waals surface area contributed by atoms with E-state index >= 15 is 0 Å². The number of ether oxygens (including phenoxy) is 1. The fraction of sp³-hybridized carbons (Fsp3) is 0.150. The number of furan rings is 1.